The van der Waals surface area contributed by atoms with Crippen LogP contribution in [0.1, 0.15) is 11.3 Å². The second-order valence-electron chi connectivity index (χ2n) is 7.19. The van der Waals surface area contributed by atoms with E-state index in [1.807, 2.05) is 0 Å². The fourth-order valence-electron chi connectivity index (χ4n) is 3.75. The summed E-state index contributed by atoms with van der Waals surface area (Å²) in [5, 5.41) is 12.5. The van der Waals surface area contributed by atoms with Crippen molar-refractivity contribution in [3.63, 3.8) is 0 Å². The summed E-state index contributed by atoms with van der Waals surface area (Å²) in [4.78, 5) is 0.239. The first-order valence-corrected chi connectivity index (χ1v) is 11.1. The Morgan fingerprint density at radius 2 is 1.71 bits per heavy atom. The molecule has 5 rings (SSSR count). The minimum Gasteiger partial charge on any atom is -0.414 e. The molecule has 4 aromatic rings. The first kappa shape index (κ1) is 19.6. The standard InChI is InChI=1S/C21H18FN5O3S/c1-26-18-11-12-27(31(28,29)14-7-3-2-4-8-14)13-16(18)19(25-26)21-24-23-20(30-21)15-9-5-6-10-17(15)22/h2-10H,11-13H2,1H3. The molecule has 0 atom stereocenters. The predicted molar refractivity (Wildman–Crippen MR) is 110 cm³/mol. The van der Waals surface area contributed by atoms with Crippen LogP contribution >= 0.6 is 0 Å². The van der Waals surface area contributed by atoms with Gasteiger partial charge < -0.3 is 4.42 Å². The topological polar surface area (TPSA) is 94.1 Å². The highest BCUT2D eigenvalue weighted by atomic mass is 32.2. The summed E-state index contributed by atoms with van der Waals surface area (Å²) < 4.78 is 49.1. The number of aromatic nitrogens is 4. The Labute approximate surface area is 178 Å². The molecule has 0 unspecified atom stereocenters. The zero-order valence-electron chi connectivity index (χ0n) is 16.6. The molecule has 0 amide bonds. The zero-order chi connectivity index (χ0) is 21.6. The van der Waals surface area contributed by atoms with Crippen LogP contribution in [0.5, 0.6) is 0 Å². The molecule has 8 nitrogen and oxygen atoms in total. The highest BCUT2D eigenvalue weighted by Crippen LogP contribution is 2.33. The molecule has 0 aliphatic carbocycles. The molecule has 2 aromatic carbocycles. The van der Waals surface area contributed by atoms with Gasteiger partial charge in [0.15, 0.2) is 5.69 Å². The van der Waals surface area contributed by atoms with Crippen LogP contribution in [0.2, 0.25) is 0 Å². The number of sulfonamides is 1. The molecule has 2 aromatic heterocycles. The summed E-state index contributed by atoms with van der Waals surface area (Å²) in [7, 11) is -1.87. The van der Waals surface area contributed by atoms with Gasteiger partial charge in [-0.3, -0.25) is 4.68 Å². The number of hydrogen-bond acceptors (Lipinski definition) is 6. The summed E-state index contributed by atoms with van der Waals surface area (Å²) >= 11 is 0. The van der Waals surface area contributed by atoms with Crippen molar-refractivity contribution < 1.29 is 17.2 Å². The number of fused-ring (bicyclic) bond motifs is 1. The van der Waals surface area contributed by atoms with Crippen LogP contribution in [0.25, 0.3) is 23.0 Å². The molecule has 0 N–H and O–H groups in total. The fourth-order valence-corrected chi connectivity index (χ4v) is 5.18. The smallest absolute Gasteiger partial charge is 0.268 e. The van der Waals surface area contributed by atoms with Crippen LogP contribution in [0.15, 0.2) is 63.9 Å². The Bertz CT molecular complexity index is 1360. The molecule has 0 fully saturated rings. The zero-order valence-corrected chi connectivity index (χ0v) is 17.4. The average Bonchev–Trinajstić information content (AvgIpc) is 3.39. The molecule has 158 valence electrons. The van der Waals surface area contributed by atoms with Crippen LogP contribution in [0.3, 0.4) is 0 Å². The van der Waals surface area contributed by atoms with E-state index in [1.165, 1.54) is 10.4 Å². The molecule has 0 bridgehead atoms. The molecule has 3 heterocycles. The van der Waals surface area contributed by atoms with Crippen LogP contribution in [0.4, 0.5) is 4.39 Å². The van der Waals surface area contributed by atoms with E-state index in [1.54, 1.807) is 60.3 Å². The second-order valence-corrected chi connectivity index (χ2v) is 9.13. The second kappa shape index (κ2) is 7.40. The van der Waals surface area contributed by atoms with E-state index in [-0.39, 0.29) is 28.8 Å². The van der Waals surface area contributed by atoms with E-state index < -0.39 is 15.8 Å². The average molecular weight is 439 g/mol. The van der Waals surface area contributed by atoms with E-state index in [2.05, 4.69) is 15.3 Å². The lowest BCUT2D eigenvalue weighted by Crippen LogP contribution is -2.36. The van der Waals surface area contributed by atoms with Gasteiger partial charge in [-0.2, -0.15) is 9.40 Å². The maximum absolute atomic E-state index is 14.1. The van der Waals surface area contributed by atoms with Crippen LogP contribution < -0.4 is 0 Å². The lowest BCUT2D eigenvalue weighted by Gasteiger charge is -2.26. The molecular formula is C21H18FN5O3S. The van der Waals surface area contributed by atoms with Crippen LogP contribution in [0, 0.1) is 5.82 Å². The number of aryl methyl sites for hydroxylation is 1. The normalized spacial score (nSPS) is 14.5. The quantitative estimate of drug-likeness (QED) is 0.485. The van der Waals surface area contributed by atoms with E-state index in [0.29, 0.717) is 24.2 Å². The Balaban J connectivity index is 1.52. The van der Waals surface area contributed by atoms with Gasteiger partial charge in [0.05, 0.1) is 10.5 Å². The molecule has 1 aliphatic heterocycles. The maximum Gasteiger partial charge on any atom is 0.268 e. The molecule has 0 radical (unpaired) electrons. The Morgan fingerprint density at radius 1 is 1.00 bits per heavy atom. The molecule has 1 aliphatic rings. The number of rotatable bonds is 4. The number of hydrogen-bond donors (Lipinski definition) is 0. The predicted octanol–water partition coefficient (Wildman–Crippen LogP) is 3.02. The largest absolute Gasteiger partial charge is 0.414 e. The van der Waals surface area contributed by atoms with Crippen molar-refractivity contribution in [2.45, 2.75) is 17.9 Å². The van der Waals surface area contributed by atoms with Gasteiger partial charge in [0.1, 0.15) is 5.82 Å². The van der Waals surface area contributed by atoms with Gasteiger partial charge in [-0.05, 0) is 24.3 Å². The lowest BCUT2D eigenvalue weighted by molar-refractivity contribution is 0.386. The molecule has 0 saturated carbocycles. The Morgan fingerprint density at radius 3 is 2.48 bits per heavy atom. The summed E-state index contributed by atoms with van der Waals surface area (Å²) in [6.45, 7) is 0.473. The summed E-state index contributed by atoms with van der Waals surface area (Å²) in [6.07, 6.45) is 0.499. The van der Waals surface area contributed by atoms with Crippen molar-refractivity contribution in [3.8, 4) is 23.0 Å². The van der Waals surface area contributed by atoms with Crippen molar-refractivity contribution in [3.05, 3.63) is 71.7 Å². The summed E-state index contributed by atoms with van der Waals surface area (Å²) in [5.74, 6) is -0.313. The third kappa shape index (κ3) is 3.33. The van der Waals surface area contributed by atoms with Gasteiger partial charge in [-0.15, -0.1) is 10.2 Å². The van der Waals surface area contributed by atoms with Gasteiger partial charge in [0.2, 0.25) is 10.0 Å². The van der Waals surface area contributed by atoms with Crippen LogP contribution in [-0.2, 0) is 30.0 Å². The minimum atomic E-state index is -3.66. The van der Waals surface area contributed by atoms with Crippen molar-refractivity contribution in [1.29, 1.82) is 0 Å². The van der Waals surface area contributed by atoms with Gasteiger partial charge in [-0.1, -0.05) is 30.3 Å². The van der Waals surface area contributed by atoms with E-state index in [0.717, 1.165) is 5.69 Å². The first-order chi connectivity index (χ1) is 14.9. The summed E-state index contributed by atoms with van der Waals surface area (Å²) in [6, 6.07) is 14.4. The van der Waals surface area contributed by atoms with Gasteiger partial charge in [0, 0.05) is 37.8 Å². The Kier molecular flexibility index (Phi) is 4.67. The number of nitrogens with zero attached hydrogens (tertiary/aromatic N) is 5. The van der Waals surface area contributed by atoms with Crippen LogP contribution in [-0.4, -0.2) is 39.2 Å². The highest BCUT2D eigenvalue weighted by molar-refractivity contribution is 7.89. The van der Waals surface area contributed by atoms with Gasteiger partial charge >= 0.3 is 0 Å². The maximum atomic E-state index is 14.1. The lowest BCUT2D eigenvalue weighted by atomic mass is 10.1. The van der Waals surface area contributed by atoms with Crippen molar-refractivity contribution in [2.24, 2.45) is 7.05 Å². The monoisotopic (exact) mass is 439 g/mol. The number of halogens is 1. The third-order valence-corrected chi connectivity index (χ3v) is 7.18. The number of benzene rings is 2. The van der Waals surface area contributed by atoms with E-state index >= 15 is 0 Å². The summed E-state index contributed by atoms with van der Waals surface area (Å²) in [5.41, 5.74) is 2.21. The Hall–Kier alpha value is -3.37. The van der Waals surface area contributed by atoms with Gasteiger partial charge in [0.25, 0.3) is 11.8 Å². The van der Waals surface area contributed by atoms with Crippen molar-refractivity contribution in [1.82, 2.24) is 24.3 Å². The molecule has 10 heteroatoms. The minimum absolute atomic E-state index is 0.0390. The first-order valence-electron chi connectivity index (χ1n) is 9.64. The van der Waals surface area contributed by atoms with E-state index in [9.17, 15) is 12.8 Å². The van der Waals surface area contributed by atoms with E-state index in [4.69, 9.17) is 4.42 Å². The van der Waals surface area contributed by atoms with Crippen molar-refractivity contribution >= 4 is 10.0 Å². The van der Waals surface area contributed by atoms with Crippen molar-refractivity contribution in [2.75, 3.05) is 6.54 Å². The molecule has 31 heavy (non-hydrogen) atoms. The fraction of sp³-hybridized carbons (Fsp3) is 0.190. The van der Waals surface area contributed by atoms with Gasteiger partial charge in [-0.25, -0.2) is 12.8 Å². The SMILES string of the molecule is Cn1nc(-c2nnc(-c3ccccc3F)o2)c2c1CCN(S(=O)(=O)c1ccccc1)C2. The molecular weight excluding hydrogens is 421 g/mol. The molecule has 0 spiro atoms. The third-order valence-electron chi connectivity index (χ3n) is 5.32. The molecule has 0 saturated heterocycles. The highest BCUT2D eigenvalue weighted by Gasteiger charge is 2.33.